The minimum atomic E-state index is -3.83. The summed E-state index contributed by atoms with van der Waals surface area (Å²) in [5, 5.41) is 16.6. The third kappa shape index (κ3) is 3.88. The molecule has 0 aromatic heterocycles. The first-order valence-corrected chi connectivity index (χ1v) is 9.36. The number of nitrogens with one attached hydrogen (secondary N) is 1. The molecule has 8 heteroatoms. The molecule has 0 bridgehead atoms. The molecule has 0 unspecified atom stereocenters. The number of rotatable bonds is 5. The number of benzene rings is 2. The van der Waals surface area contributed by atoms with Crippen LogP contribution in [0.1, 0.15) is 18.1 Å². The van der Waals surface area contributed by atoms with Crippen molar-refractivity contribution in [1.82, 2.24) is 5.43 Å². The van der Waals surface area contributed by atoms with Crippen LogP contribution < -0.4 is 15.6 Å². The zero-order valence-electron chi connectivity index (χ0n) is 13.8. The number of aliphatic hydroxyl groups excluding tert-OH is 1. The van der Waals surface area contributed by atoms with Crippen molar-refractivity contribution in [1.29, 1.82) is 0 Å². The fourth-order valence-corrected chi connectivity index (χ4v) is 3.33. The van der Waals surface area contributed by atoms with Crippen LogP contribution in [-0.2, 0) is 23.1 Å². The molecule has 0 aliphatic carbocycles. The zero-order valence-corrected chi connectivity index (χ0v) is 14.6. The molecule has 0 fully saturated rings. The van der Waals surface area contributed by atoms with Crippen LogP contribution in [-0.4, -0.2) is 25.5 Å². The van der Waals surface area contributed by atoms with E-state index in [9.17, 15) is 13.5 Å². The van der Waals surface area contributed by atoms with Crippen molar-refractivity contribution in [2.24, 2.45) is 10.1 Å². The number of aliphatic imine (C=N–C) groups is 1. The van der Waals surface area contributed by atoms with Crippen LogP contribution in [0.3, 0.4) is 0 Å². The summed E-state index contributed by atoms with van der Waals surface area (Å²) in [5.74, 6) is 0.789. The van der Waals surface area contributed by atoms with Gasteiger partial charge in [0.05, 0.1) is 17.2 Å². The largest absolute Gasteiger partial charge is 0.392 e. The number of primary sulfonamides is 1. The molecule has 0 spiro atoms. The highest BCUT2D eigenvalue weighted by Crippen LogP contribution is 2.26. The number of anilines is 1. The molecule has 25 heavy (non-hydrogen) atoms. The Hall–Kier alpha value is -2.26. The summed E-state index contributed by atoms with van der Waals surface area (Å²) in [7, 11) is -3.83. The van der Waals surface area contributed by atoms with Gasteiger partial charge in [0.15, 0.2) is 0 Å². The van der Waals surface area contributed by atoms with Crippen LogP contribution >= 0.6 is 0 Å². The average Bonchev–Trinajstić information content (AvgIpc) is 2.94. The Balaban J connectivity index is 1.96. The number of hydrogen-bond donors (Lipinski definition) is 3. The summed E-state index contributed by atoms with van der Waals surface area (Å²) in [5.41, 5.74) is 5.42. The van der Waals surface area contributed by atoms with E-state index in [0.717, 1.165) is 11.4 Å². The molecular weight excluding hydrogens is 340 g/mol. The van der Waals surface area contributed by atoms with E-state index < -0.39 is 10.0 Å². The third-order valence-corrected chi connectivity index (χ3v) is 4.82. The van der Waals surface area contributed by atoms with Gasteiger partial charge in [0.25, 0.3) is 0 Å². The summed E-state index contributed by atoms with van der Waals surface area (Å²) in [6, 6.07) is 14.3. The molecule has 0 radical (unpaired) electrons. The summed E-state index contributed by atoms with van der Waals surface area (Å²) in [6.45, 7) is 1.60. The molecular formula is C17H20N4O3S. The Bertz CT molecular complexity index is 897. The fraction of sp³-hybridized carbons (Fsp3) is 0.235. The van der Waals surface area contributed by atoms with Gasteiger partial charge in [-0.05, 0) is 30.7 Å². The second-order valence-corrected chi connectivity index (χ2v) is 7.40. The van der Waals surface area contributed by atoms with Gasteiger partial charge in [-0.15, -0.1) is 0 Å². The number of aliphatic hydroxyl groups is 1. The van der Waals surface area contributed by atoms with E-state index in [1.807, 2.05) is 37.3 Å². The van der Waals surface area contributed by atoms with Crippen molar-refractivity contribution in [3.05, 3.63) is 59.7 Å². The van der Waals surface area contributed by atoms with Crippen molar-refractivity contribution in [2.45, 2.75) is 31.0 Å². The van der Waals surface area contributed by atoms with Crippen molar-refractivity contribution in [3.8, 4) is 0 Å². The Morgan fingerprint density at radius 2 is 1.96 bits per heavy atom. The lowest BCUT2D eigenvalue weighted by Gasteiger charge is -2.24. The molecule has 132 valence electrons. The van der Waals surface area contributed by atoms with Gasteiger partial charge in [0.2, 0.25) is 10.0 Å². The maximum absolute atomic E-state index is 11.5. The van der Waals surface area contributed by atoms with Crippen molar-refractivity contribution < 1.29 is 13.5 Å². The predicted octanol–water partition coefficient (Wildman–Crippen LogP) is 1.14. The predicted molar refractivity (Wildman–Crippen MR) is 96.4 cm³/mol. The minimum absolute atomic E-state index is 0.0332. The van der Waals surface area contributed by atoms with Crippen LogP contribution in [0.2, 0.25) is 0 Å². The van der Waals surface area contributed by atoms with Gasteiger partial charge >= 0.3 is 0 Å². The molecule has 1 atom stereocenters. The fourth-order valence-electron chi connectivity index (χ4n) is 2.77. The molecule has 2 aromatic rings. The maximum atomic E-state index is 11.5. The van der Waals surface area contributed by atoms with Crippen LogP contribution in [0.4, 0.5) is 5.69 Å². The van der Waals surface area contributed by atoms with E-state index in [0.29, 0.717) is 17.7 Å². The molecule has 3 rings (SSSR count). The number of nitrogens with zero attached hydrogens (tertiary/aromatic N) is 2. The van der Waals surface area contributed by atoms with E-state index in [-0.39, 0.29) is 17.7 Å². The monoisotopic (exact) mass is 360 g/mol. The summed E-state index contributed by atoms with van der Waals surface area (Å²) >= 11 is 0. The van der Waals surface area contributed by atoms with E-state index >= 15 is 0 Å². The van der Waals surface area contributed by atoms with Crippen LogP contribution in [0.15, 0.2) is 58.4 Å². The first-order chi connectivity index (χ1) is 11.9. The highest BCUT2D eigenvalue weighted by molar-refractivity contribution is 7.89. The number of hydrogen-bond acceptors (Lipinski definition) is 6. The number of nitrogens with two attached hydrogens (primary N) is 1. The van der Waals surface area contributed by atoms with Gasteiger partial charge in [0.1, 0.15) is 12.0 Å². The molecule has 4 N–H and O–H groups in total. The first-order valence-electron chi connectivity index (χ1n) is 7.82. The third-order valence-electron chi connectivity index (χ3n) is 3.91. The van der Waals surface area contributed by atoms with E-state index in [1.165, 1.54) is 12.1 Å². The van der Waals surface area contributed by atoms with Gasteiger partial charge in [0, 0.05) is 12.0 Å². The van der Waals surface area contributed by atoms with E-state index in [1.54, 1.807) is 11.1 Å². The van der Waals surface area contributed by atoms with Crippen molar-refractivity contribution in [2.75, 3.05) is 5.01 Å². The number of amidine groups is 1. The van der Waals surface area contributed by atoms with E-state index in [4.69, 9.17) is 5.14 Å². The molecule has 0 amide bonds. The smallest absolute Gasteiger partial charge is 0.238 e. The molecule has 1 aliphatic rings. The quantitative estimate of drug-likeness (QED) is 0.741. The van der Waals surface area contributed by atoms with Gasteiger partial charge in [-0.2, -0.15) is 0 Å². The Morgan fingerprint density at radius 1 is 1.24 bits per heavy atom. The maximum Gasteiger partial charge on any atom is 0.238 e. The number of sulfonamides is 1. The number of hydrazine groups is 1. The SMILES string of the molecule is C[C@@H]1N=C(Cc2ccccc2)N(c2ccc(S(N)(=O)=O)cc2CO)N1. The molecule has 7 nitrogen and oxygen atoms in total. The van der Waals surface area contributed by atoms with Crippen LogP contribution in [0.25, 0.3) is 0 Å². The normalized spacial score (nSPS) is 17.6. The molecule has 1 aliphatic heterocycles. The second-order valence-electron chi connectivity index (χ2n) is 5.84. The lowest BCUT2D eigenvalue weighted by atomic mass is 10.1. The van der Waals surface area contributed by atoms with Gasteiger partial charge in [-0.3, -0.25) is 10.0 Å². The average molecular weight is 360 g/mol. The second kappa shape index (κ2) is 6.93. The van der Waals surface area contributed by atoms with Gasteiger partial charge in [-0.1, -0.05) is 30.3 Å². The lowest BCUT2D eigenvalue weighted by Crippen LogP contribution is -2.41. The van der Waals surface area contributed by atoms with Crippen molar-refractivity contribution >= 4 is 21.5 Å². The molecule has 2 aromatic carbocycles. The van der Waals surface area contributed by atoms with Crippen LogP contribution in [0.5, 0.6) is 0 Å². The first kappa shape index (κ1) is 17.6. The Labute approximate surface area is 146 Å². The molecule has 1 heterocycles. The minimum Gasteiger partial charge on any atom is -0.392 e. The Kier molecular flexibility index (Phi) is 4.87. The van der Waals surface area contributed by atoms with E-state index in [2.05, 4.69) is 10.4 Å². The standard InChI is InChI=1S/C17H20N4O3S/c1-12-19-17(9-13-5-3-2-4-6-13)21(20-12)16-8-7-15(25(18,23)24)10-14(16)11-22/h2-8,10,12,20,22H,9,11H2,1H3,(H2,18,23,24)/t12-/m1/s1. The van der Waals surface area contributed by atoms with Gasteiger partial charge < -0.3 is 5.11 Å². The highest BCUT2D eigenvalue weighted by atomic mass is 32.2. The summed E-state index contributed by atoms with van der Waals surface area (Å²) in [6.07, 6.45) is 0.489. The van der Waals surface area contributed by atoms with Crippen LogP contribution in [0, 0.1) is 0 Å². The van der Waals surface area contributed by atoms with Gasteiger partial charge in [-0.25, -0.2) is 19.0 Å². The molecule has 0 saturated heterocycles. The Morgan fingerprint density at radius 3 is 2.60 bits per heavy atom. The molecule has 0 saturated carbocycles. The highest BCUT2D eigenvalue weighted by Gasteiger charge is 2.25. The zero-order chi connectivity index (χ0) is 18.0. The summed E-state index contributed by atoms with van der Waals surface area (Å²) < 4.78 is 23.1. The van der Waals surface area contributed by atoms with Crippen molar-refractivity contribution in [3.63, 3.8) is 0 Å². The lowest BCUT2D eigenvalue weighted by molar-refractivity contribution is 0.281. The topological polar surface area (TPSA) is 108 Å². The summed E-state index contributed by atoms with van der Waals surface area (Å²) in [4.78, 5) is 4.56.